The summed E-state index contributed by atoms with van der Waals surface area (Å²) in [7, 11) is 2.18. The first-order valence-electron chi connectivity index (χ1n) is 4.90. The first-order chi connectivity index (χ1) is 6.16. The molecular formula is C10H17N3. The van der Waals surface area contributed by atoms with Crippen LogP contribution in [0.2, 0.25) is 0 Å². The Morgan fingerprint density at radius 2 is 2.31 bits per heavy atom. The second-order valence-corrected chi connectivity index (χ2v) is 4.04. The molecule has 0 fully saturated rings. The van der Waals surface area contributed by atoms with Crippen LogP contribution in [0.1, 0.15) is 18.3 Å². The summed E-state index contributed by atoms with van der Waals surface area (Å²) < 4.78 is 2.16. The number of hydrogen-bond donors (Lipinski definition) is 0. The summed E-state index contributed by atoms with van der Waals surface area (Å²) >= 11 is 0. The van der Waals surface area contributed by atoms with Gasteiger partial charge in [0, 0.05) is 24.7 Å². The summed E-state index contributed by atoms with van der Waals surface area (Å²) in [6.07, 6.45) is 1.13. The molecule has 1 aliphatic heterocycles. The van der Waals surface area contributed by atoms with E-state index >= 15 is 0 Å². The Balaban J connectivity index is 2.28. The summed E-state index contributed by atoms with van der Waals surface area (Å²) in [6.45, 7) is 6.49. The standard InChI is InChI=1S/C10H17N3/c1-8-6-10-4-5-12(3)9(2)7-13(10)11-8/h6,9H,4-5,7H2,1-3H3/t9-/m0/s1. The van der Waals surface area contributed by atoms with Gasteiger partial charge in [-0.3, -0.25) is 4.68 Å². The fourth-order valence-electron chi connectivity index (χ4n) is 1.86. The molecule has 1 aliphatic rings. The highest BCUT2D eigenvalue weighted by molar-refractivity contribution is 5.10. The van der Waals surface area contributed by atoms with Gasteiger partial charge in [-0.1, -0.05) is 0 Å². The molecule has 3 heteroatoms. The number of hydrogen-bond acceptors (Lipinski definition) is 2. The number of aryl methyl sites for hydroxylation is 1. The van der Waals surface area contributed by atoms with Crippen LogP contribution in [0.15, 0.2) is 6.07 Å². The van der Waals surface area contributed by atoms with Crippen molar-refractivity contribution in [3.05, 3.63) is 17.5 Å². The van der Waals surface area contributed by atoms with Gasteiger partial charge in [0.05, 0.1) is 12.2 Å². The quantitative estimate of drug-likeness (QED) is 0.594. The van der Waals surface area contributed by atoms with Crippen molar-refractivity contribution >= 4 is 0 Å². The summed E-state index contributed by atoms with van der Waals surface area (Å²) in [5.41, 5.74) is 2.53. The summed E-state index contributed by atoms with van der Waals surface area (Å²) in [5.74, 6) is 0. The third-order valence-electron chi connectivity index (χ3n) is 2.90. The smallest absolute Gasteiger partial charge is 0.0596 e. The molecule has 0 unspecified atom stereocenters. The number of fused-ring (bicyclic) bond motifs is 1. The zero-order valence-corrected chi connectivity index (χ0v) is 8.62. The average molecular weight is 179 g/mol. The van der Waals surface area contributed by atoms with Crippen LogP contribution in [0.5, 0.6) is 0 Å². The highest BCUT2D eigenvalue weighted by Gasteiger charge is 2.17. The first-order valence-corrected chi connectivity index (χ1v) is 4.90. The summed E-state index contributed by atoms with van der Waals surface area (Å²) in [4.78, 5) is 2.39. The monoisotopic (exact) mass is 179 g/mol. The van der Waals surface area contributed by atoms with Crippen LogP contribution in [0.25, 0.3) is 0 Å². The van der Waals surface area contributed by atoms with Crippen molar-refractivity contribution in [2.24, 2.45) is 0 Å². The molecular weight excluding hydrogens is 162 g/mol. The fourth-order valence-corrected chi connectivity index (χ4v) is 1.86. The van der Waals surface area contributed by atoms with E-state index in [4.69, 9.17) is 0 Å². The Bertz CT molecular complexity index is 303. The molecule has 0 spiro atoms. The van der Waals surface area contributed by atoms with E-state index in [0.717, 1.165) is 25.2 Å². The average Bonchev–Trinajstić information content (AvgIpc) is 2.36. The Labute approximate surface area is 79.3 Å². The van der Waals surface area contributed by atoms with Gasteiger partial charge >= 0.3 is 0 Å². The first kappa shape index (κ1) is 8.75. The van der Waals surface area contributed by atoms with E-state index in [0.29, 0.717) is 6.04 Å². The Hall–Kier alpha value is -0.830. The van der Waals surface area contributed by atoms with E-state index in [1.165, 1.54) is 5.69 Å². The van der Waals surface area contributed by atoms with Crippen molar-refractivity contribution in [2.75, 3.05) is 13.6 Å². The van der Waals surface area contributed by atoms with E-state index in [1.807, 2.05) is 0 Å². The molecule has 2 rings (SSSR count). The number of rotatable bonds is 0. The molecule has 0 amide bonds. The molecule has 1 atom stereocenters. The molecule has 0 saturated carbocycles. The molecule has 0 radical (unpaired) electrons. The van der Waals surface area contributed by atoms with Gasteiger partial charge in [-0.05, 0) is 27.0 Å². The predicted molar refractivity (Wildman–Crippen MR) is 52.8 cm³/mol. The minimum atomic E-state index is 0.598. The van der Waals surface area contributed by atoms with Gasteiger partial charge in [0.2, 0.25) is 0 Å². The predicted octanol–water partition coefficient (Wildman–Crippen LogP) is 1.07. The van der Waals surface area contributed by atoms with Crippen molar-refractivity contribution in [1.82, 2.24) is 14.7 Å². The van der Waals surface area contributed by atoms with Crippen molar-refractivity contribution in [3.63, 3.8) is 0 Å². The molecule has 0 saturated heterocycles. The molecule has 0 N–H and O–H groups in total. The van der Waals surface area contributed by atoms with Gasteiger partial charge < -0.3 is 4.90 Å². The maximum absolute atomic E-state index is 4.49. The maximum Gasteiger partial charge on any atom is 0.0596 e. The molecule has 3 nitrogen and oxygen atoms in total. The lowest BCUT2D eigenvalue weighted by Gasteiger charge is -2.20. The van der Waals surface area contributed by atoms with Crippen molar-refractivity contribution in [2.45, 2.75) is 32.9 Å². The number of likely N-dealkylation sites (N-methyl/N-ethyl adjacent to an activating group) is 1. The van der Waals surface area contributed by atoms with E-state index in [9.17, 15) is 0 Å². The molecule has 0 aromatic carbocycles. The number of aromatic nitrogens is 2. The Kier molecular flexibility index (Phi) is 2.12. The topological polar surface area (TPSA) is 21.1 Å². The van der Waals surface area contributed by atoms with E-state index in [-0.39, 0.29) is 0 Å². The van der Waals surface area contributed by atoms with Gasteiger partial charge in [0.25, 0.3) is 0 Å². The maximum atomic E-state index is 4.49. The Morgan fingerprint density at radius 1 is 1.54 bits per heavy atom. The molecule has 1 aromatic heterocycles. The second kappa shape index (κ2) is 3.14. The summed E-state index contributed by atoms with van der Waals surface area (Å²) in [5, 5.41) is 4.49. The zero-order chi connectivity index (χ0) is 9.42. The van der Waals surface area contributed by atoms with Crippen molar-refractivity contribution in [1.29, 1.82) is 0 Å². The van der Waals surface area contributed by atoms with Gasteiger partial charge in [-0.2, -0.15) is 5.10 Å². The number of nitrogens with zero attached hydrogens (tertiary/aromatic N) is 3. The minimum absolute atomic E-state index is 0.598. The van der Waals surface area contributed by atoms with Crippen LogP contribution in [0, 0.1) is 6.92 Å². The zero-order valence-electron chi connectivity index (χ0n) is 8.62. The van der Waals surface area contributed by atoms with E-state index < -0.39 is 0 Å². The highest BCUT2D eigenvalue weighted by Crippen LogP contribution is 2.12. The SMILES string of the molecule is Cc1cc2n(n1)C[C@H](C)N(C)CC2. The molecule has 0 bridgehead atoms. The van der Waals surface area contributed by atoms with E-state index in [2.05, 4.69) is 41.6 Å². The largest absolute Gasteiger partial charge is 0.301 e. The van der Waals surface area contributed by atoms with Gasteiger partial charge in [-0.25, -0.2) is 0 Å². The molecule has 13 heavy (non-hydrogen) atoms. The fraction of sp³-hybridized carbons (Fsp3) is 0.700. The van der Waals surface area contributed by atoms with Crippen LogP contribution in [-0.2, 0) is 13.0 Å². The van der Waals surface area contributed by atoms with Gasteiger partial charge in [0.1, 0.15) is 0 Å². The van der Waals surface area contributed by atoms with Crippen molar-refractivity contribution in [3.8, 4) is 0 Å². The Morgan fingerprint density at radius 3 is 3.08 bits per heavy atom. The normalized spacial score (nSPS) is 24.1. The van der Waals surface area contributed by atoms with Crippen LogP contribution in [0.3, 0.4) is 0 Å². The molecule has 1 aromatic rings. The lowest BCUT2D eigenvalue weighted by molar-refractivity contribution is 0.249. The van der Waals surface area contributed by atoms with Crippen LogP contribution < -0.4 is 0 Å². The van der Waals surface area contributed by atoms with Gasteiger partial charge in [0.15, 0.2) is 0 Å². The van der Waals surface area contributed by atoms with Crippen molar-refractivity contribution < 1.29 is 0 Å². The minimum Gasteiger partial charge on any atom is -0.301 e. The lowest BCUT2D eigenvalue weighted by Crippen LogP contribution is -2.31. The van der Waals surface area contributed by atoms with Crippen LogP contribution >= 0.6 is 0 Å². The highest BCUT2D eigenvalue weighted by atomic mass is 15.3. The van der Waals surface area contributed by atoms with E-state index in [1.54, 1.807) is 0 Å². The third kappa shape index (κ3) is 1.61. The molecule has 2 heterocycles. The third-order valence-corrected chi connectivity index (χ3v) is 2.90. The molecule has 0 aliphatic carbocycles. The summed E-state index contributed by atoms with van der Waals surface area (Å²) in [6, 6.07) is 2.80. The van der Waals surface area contributed by atoms with Crippen LogP contribution in [-0.4, -0.2) is 34.3 Å². The molecule has 72 valence electrons. The second-order valence-electron chi connectivity index (χ2n) is 4.04. The lowest BCUT2D eigenvalue weighted by atomic mass is 10.3. The van der Waals surface area contributed by atoms with Crippen LogP contribution in [0.4, 0.5) is 0 Å². The van der Waals surface area contributed by atoms with Gasteiger partial charge in [-0.15, -0.1) is 0 Å².